The number of nitro benzene ring substituents is 1. The van der Waals surface area contributed by atoms with Crippen LogP contribution >= 0.6 is 11.8 Å². The minimum atomic E-state index is -0.839. The van der Waals surface area contributed by atoms with Crippen LogP contribution in [0.2, 0.25) is 0 Å². The monoisotopic (exact) mass is 326 g/mol. The summed E-state index contributed by atoms with van der Waals surface area (Å²) in [6.07, 6.45) is 1.25. The van der Waals surface area contributed by atoms with Crippen LogP contribution in [0.5, 0.6) is 0 Å². The fourth-order valence-electron chi connectivity index (χ4n) is 1.66. The van der Waals surface area contributed by atoms with E-state index >= 15 is 0 Å². The van der Waals surface area contributed by atoms with Gasteiger partial charge in [0.15, 0.2) is 0 Å². The Morgan fingerprint density at radius 2 is 1.95 bits per heavy atom. The molecule has 1 aromatic carbocycles. The third kappa shape index (κ3) is 6.57. The lowest BCUT2D eigenvalue weighted by atomic mass is 10.2. The van der Waals surface area contributed by atoms with Crippen LogP contribution < -0.4 is 5.32 Å². The molecule has 0 heterocycles. The van der Waals surface area contributed by atoms with Crippen LogP contribution in [0.25, 0.3) is 0 Å². The number of rotatable bonds is 9. The van der Waals surface area contributed by atoms with E-state index in [1.54, 1.807) is 19.1 Å². The van der Waals surface area contributed by atoms with Crippen molar-refractivity contribution in [3.63, 3.8) is 0 Å². The summed E-state index contributed by atoms with van der Waals surface area (Å²) >= 11 is 1.31. The number of nitro groups is 1. The highest BCUT2D eigenvalue weighted by Crippen LogP contribution is 2.25. The highest BCUT2D eigenvalue weighted by molar-refractivity contribution is 8.00. The fourth-order valence-corrected chi connectivity index (χ4v) is 2.55. The topological polar surface area (TPSA) is 110 Å². The molecule has 0 aliphatic heterocycles. The molecule has 0 bridgehead atoms. The number of hydrogen-bond donors (Lipinski definition) is 2. The zero-order chi connectivity index (χ0) is 16.5. The molecule has 120 valence electrons. The third-order valence-electron chi connectivity index (χ3n) is 2.85. The molecule has 0 aliphatic rings. The van der Waals surface area contributed by atoms with Crippen LogP contribution in [0.15, 0.2) is 29.2 Å². The van der Waals surface area contributed by atoms with Crippen molar-refractivity contribution in [3.8, 4) is 0 Å². The predicted molar refractivity (Wildman–Crippen MR) is 82.9 cm³/mol. The largest absolute Gasteiger partial charge is 0.481 e. The van der Waals surface area contributed by atoms with E-state index in [1.807, 2.05) is 0 Å². The van der Waals surface area contributed by atoms with Gasteiger partial charge in [0.25, 0.3) is 5.69 Å². The number of non-ortho nitro benzene ring substituents is 1. The van der Waals surface area contributed by atoms with Gasteiger partial charge in [0.1, 0.15) is 0 Å². The first-order valence-corrected chi connectivity index (χ1v) is 7.68. The molecule has 0 saturated carbocycles. The third-order valence-corrected chi connectivity index (χ3v) is 3.96. The highest BCUT2D eigenvalue weighted by atomic mass is 32.2. The maximum atomic E-state index is 11.9. The SMILES string of the molecule is CC(Sc1ccc([N+](=O)[O-])cc1)C(=O)NCCCCC(=O)O. The average Bonchev–Trinajstić information content (AvgIpc) is 2.46. The quantitative estimate of drug-likeness (QED) is 0.312. The number of carbonyl (C=O) groups excluding carboxylic acids is 1. The summed E-state index contributed by atoms with van der Waals surface area (Å²) in [6, 6.07) is 6.02. The van der Waals surface area contributed by atoms with Gasteiger partial charge in [-0.3, -0.25) is 19.7 Å². The first kappa shape index (κ1) is 18.0. The van der Waals surface area contributed by atoms with Gasteiger partial charge < -0.3 is 10.4 Å². The lowest BCUT2D eigenvalue weighted by molar-refractivity contribution is -0.384. The van der Waals surface area contributed by atoms with Crippen LogP contribution in [0.4, 0.5) is 5.69 Å². The Morgan fingerprint density at radius 3 is 2.50 bits per heavy atom. The highest BCUT2D eigenvalue weighted by Gasteiger charge is 2.14. The van der Waals surface area contributed by atoms with Gasteiger partial charge in [0, 0.05) is 30.0 Å². The van der Waals surface area contributed by atoms with Gasteiger partial charge in [-0.05, 0) is 31.9 Å². The van der Waals surface area contributed by atoms with Crippen molar-refractivity contribution in [1.29, 1.82) is 0 Å². The van der Waals surface area contributed by atoms with E-state index < -0.39 is 10.9 Å². The molecule has 1 rings (SSSR count). The number of nitrogens with one attached hydrogen (secondary N) is 1. The Bertz CT molecular complexity index is 533. The molecular formula is C14H18N2O5S. The van der Waals surface area contributed by atoms with Crippen molar-refractivity contribution in [2.45, 2.75) is 36.3 Å². The Morgan fingerprint density at radius 1 is 1.32 bits per heavy atom. The molecule has 1 unspecified atom stereocenters. The minimum Gasteiger partial charge on any atom is -0.481 e. The standard InChI is InChI=1S/C14H18N2O5S/c1-10(14(19)15-9-3-2-4-13(17)18)22-12-7-5-11(6-8-12)16(20)21/h5-8,10H,2-4,9H2,1H3,(H,15,19)(H,17,18). The number of nitrogens with zero attached hydrogens (tertiary/aromatic N) is 1. The Hall–Kier alpha value is -2.09. The van der Waals surface area contributed by atoms with Crippen LogP contribution in [0.3, 0.4) is 0 Å². The average molecular weight is 326 g/mol. The molecule has 1 amide bonds. The number of benzene rings is 1. The van der Waals surface area contributed by atoms with Crippen molar-refractivity contribution in [2.75, 3.05) is 6.54 Å². The van der Waals surface area contributed by atoms with E-state index in [9.17, 15) is 19.7 Å². The molecule has 0 saturated heterocycles. The number of hydrogen-bond acceptors (Lipinski definition) is 5. The maximum Gasteiger partial charge on any atom is 0.303 e. The number of carboxylic acid groups (broad SMARTS) is 1. The van der Waals surface area contributed by atoms with Crippen LogP contribution in [0, 0.1) is 10.1 Å². The molecule has 8 heteroatoms. The van der Waals surface area contributed by atoms with Gasteiger partial charge in [0.05, 0.1) is 10.2 Å². The second kappa shape index (κ2) is 9.04. The van der Waals surface area contributed by atoms with E-state index in [0.717, 1.165) is 4.90 Å². The van der Waals surface area contributed by atoms with Crippen LogP contribution in [-0.2, 0) is 9.59 Å². The second-order valence-electron chi connectivity index (χ2n) is 4.65. The van der Waals surface area contributed by atoms with Crippen LogP contribution in [-0.4, -0.2) is 33.7 Å². The molecule has 1 aromatic rings. The Balaban J connectivity index is 2.34. The van der Waals surface area contributed by atoms with Gasteiger partial charge in [-0.15, -0.1) is 11.8 Å². The summed E-state index contributed by atoms with van der Waals surface area (Å²) in [6.45, 7) is 2.19. The van der Waals surface area contributed by atoms with E-state index in [4.69, 9.17) is 5.11 Å². The summed E-state index contributed by atoms with van der Waals surface area (Å²) in [7, 11) is 0. The molecule has 1 atom stereocenters. The molecule has 7 nitrogen and oxygen atoms in total. The number of amides is 1. The smallest absolute Gasteiger partial charge is 0.303 e. The molecule has 0 spiro atoms. The predicted octanol–water partition coefficient (Wildman–Crippen LogP) is 2.45. The van der Waals surface area contributed by atoms with E-state index in [1.165, 1.54) is 23.9 Å². The summed E-state index contributed by atoms with van der Waals surface area (Å²) in [4.78, 5) is 33.1. The second-order valence-corrected chi connectivity index (χ2v) is 6.07. The molecule has 0 radical (unpaired) electrons. The summed E-state index contributed by atoms with van der Waals surface area (Å²) in [5.41, 5.74) is 0.0138. The fraction of sp³-hybridized carbons (Fsp3) is 0.429. The van der Waals surface area contributed by atoms with Crippen LogP contribution in [0.1, 0.15) is 26.2 Å². The summed E-state index contributed by atoms with van der Waals surface area (Å²) in [5, 5.41) is 21.5. The van der Waals surface area contributed by atoms with Crippen molar-refractivity contribution >= 4 is 29.3 Å². The molecule has 0 aliphatic carbocycles. The van der Waals surface area contributed by atoms with Crippen molar-refractivity contribution in [3.05, 3.63) is 34.4 Å². The first-order chi connectivity index (χ1) is 10.4. The van der Waals surface area contributed by atoms with Gasteiger partial charge in [-0.2, -0.15) is 0 Å². The van der Waals surface area contributed by atoms with Crippen molar-refractivity contribution < 1.29 is 19.6 Å². The number of aliphatic carboxylic acids is 1. The van der Waals surface area contributed by atoms with E-state index in [2.05, 4.69) is 5.32 Å². The van der Waals surface area contributed by atoms with E-state index in [-0.39, 0.29) is 23.3 Å². The van der Waals surface area contributed by atoms with Gasteiger partial charge >= 0.3 is 5.97 Å². The zero-order valence-electron chi connectivity index (χ0n) is 12.2. The molecule has 0 fully saturated rings. The Kier molecular flexibility index (Phi) is 7.38. The number of carboxylic acids is 1. The van der Waals surface area contributed by atoms with Gasteiger partial charge in [0.2, 0.25) is 5.91 Å². The van der Waals surface area contributed by atoms with Crippen molar-refractivity contribution in [2.24, 2.45) is 0 Å². The Labute approximate surface area is 132 Å². The number of carbonyl (C=O) groups is 2. The molecular weight excluding hydrogens is 308 g/mol. The minimum absolute atomic E-state index is 0.0138. The molecule has 22 heavy (non-hydrogen) atoms. The normalized spacial score (nSPS) is 11.7. The maximum absolute atomic E-state index is 11.9. The number of unbranched alkanes of at least 4 members (excludes halogenated alkanes) is 1. The van der Waals surface area contributed by atoms with Gasteiger partial charge in [-0.1, -0.05) is 0 Å². The lowest BCUT2D eigenvalue weighted by Crippen LogP contribution is -2.31. The first-order valence-electron chi connectivity index (χ1n) is 6.80. The number of thioether (sulfide) groups is 1. The molecule has 2 N–H and O–H groups in total. The summed E-state index contributed by atoms with van der Waals surface area (Å²) in [5.74, 6) is -0.980. The van der Waals surface area contributed by atoms with Gasteiger partial charge in [-0.25, -0.2) is 0 Å². The molecule has 0 aromatic heterocycles. The zero-order valence-corrected chi connectivity index (χ0v) is 13.0. The van der Waals surface area contributed by atoms with E-state index in [0.29, 0.717) is 19.4 Å². The lowest BCUT2D eigenvalue weighted by Gasteiger charge is -2.11. The van der Waals surface area contributed by atoms with Crippen molar-refractivity contribution in [1.82, 2.24) is 5.32 Å². The summed E-state index contributed by atoms with van der Waals surface area (Å²) < 4.78 is 0.